The SMILES string of the molecule is O=C(C[C@@H]1COC[C@H]2CN(Cc3ccncc3)C[C@@H]12)N1CCCC1. The summed E-state index contributed by atoms with van der Waals surface area (Å²) in [6, 6.07) is 4.18. The van der Waals surface area contributed by atoms with E-state index in [1.54, 1.807) is 0 Å². The number of nitrogens with zero attached hydrogens (tertiary/aromatic N) is 3. The van der Waals surface area contributed by atoms with E-state index in [4.69, 9.17) is 4.74 Å². The van der Waals surface area contributed by atoms with Crippen LogP contribution in [0.4, 0.5) is 0 Å². The number of carbonyl (C=O) groups is 1. The lowest BCUT2D eigenvalue weighted by atomic mass is 9.81. The van der Waals surface area contributed by atoms with Crippen LogP contribution in [-0.4, -0.2) is 60.1 Å². The Kier molecular flexibility index (Phi) is 4.81. The van der Waals surface area contributed by atoms with Crippen molar-refractivity contribution < 1.29 is 9.53 Å². The van der Waals surface area contributed by atoms with Crippen molar-refractivity contribution in [3.05, 3.63) is 30.1 Å². The molecule has 0 aliphatic carbocycles. The quantitative estimate of drug-likeness (QED) is 0.845. The lowest BCUT2D eigenvalue weighted by Gasteiger charge is -2.33. The van der Waals surface area contributed by atoms with Crippen molar-refractivity contribution in [2.24, 2.45) is 17.8 Å². The van der Waals surface area contributed by atoms with E-state index in [2.05, 4.69) is 22.0 Å². The third kappa shape index (κ3) is 3.47. The third-order valence-corrected chi connectivity index (χ3v) is 5.89. The normalized spacial score (nSPS) is 30.5. The van der Waals surface area contributed by atoms with Crippen molar-refractivity contribution >= 4 is 5.91 Å². The van der Waals surface area contributed by atoms with E-state index in [1.165, 1.54) is 18.4 Å². The first-order chi connectivity index (χ1) is 11.8. The molecule has 3 saturated heterocycles. The average molecular weight is 329 g/mol. The number of ether oxygens (including phenoxy) is 1. The molecule has 3 atom stereocenters. The zero-order valence-electron chi connectivity index (χ0n) is 14.3. The van der Waals surface area contributed by atoms with Crippen LogP contribution in [0.2, 0.25) is 0 Å². The van der Waals surface area contributed by atoms with Gasteiger partial charge in [-0.25, -0.2) is 0 Å². The number of likely N-dealkylation sites (tertiary alicyclic amines) is 2. The van der Waals surface area contributed by atoms with Crippen LogP contribution in [0.25, 0.3) is 0 Å². The molecule has 1 amide bonds. The number of fused-ring (bicyclic) bond motifs is 1. The Labute approximate surface area is 144 Å². The highest BCUT2D eigenvalue weighted by atomic mass is 16.5. The summed E-state index contributed by atoms with van der Waals surface area (Å²) in [7, 11) is 0. The minimum absolute atomic E-state index is 0.342. The monoisotopic (exact) mass is 329 g/mol. The first-order valence-corrected chi connectivity index (χ1v) is 9.26. The molecule has 1 aromatic heterocycles. The van der Waals surface area contributed by atoms with Gasteiger partial charge < -0.3 is 9.64 Å². The number of hydrogen-bond acceptors (Lipinski definition) is 4. The zero-order valence-corrected chi connectivity index (χ0v) is 14.3. The summed E-state index contributed by atoms with van der Waals surface area (Å²) in [6.45, 7) is 6.66. The number of rotatable bonds is 4. The minimum atomic E-state index is 0.342. The molecular formula is C19H27N3O2. The van der Waals surface area contributed by atoms with Gasteiger partial charge in [-0.1, -0.05) is 0 Å². The summed E-state index contributed by atoms with van der Waals surface area (Å²) in [4.78, 5) is 21.2. The molecule has 0 N–H and O–H groups in total. The molecule has 0 aromatic carbocycles. The average Bonchev–Trinajstić information content (AvgIpc) is 3.25. The van der Waals surface area contributed by atoms with Crippen molar-refractivity contribution in [3.8, 4) is 0 Å². The number of pyridine rings is 1. The first kappa shape index (κ1) is 16.0. The van der Waals surface area contributed by atoms with E-state index in [-0.39, 0.29) is 0 Å². The predicted octanol–water partition coefficient (Wildman–Crippen LogP) is 1.79. The maximum absolute atomic E-state index is 12.5. The van der Waals surface area contributed by atoms with Gasteiger partial charge in [0.05, 0.1) is 13.2 Å². The van der Waals surface area contributed by atoms with Gasteiger partial charge in [-0.05, 0) is 48.3 Å². The Balaban J connectivity index is 1.36. The van der Waals surface area contributed by atoms with Crippen LogP contribution >= 0.6 is 0 Å². The Morgan fingerprint density at radius 2 is 1.96 bits per heavy atom. The standard InChI is InChI=1S/C19H27N3O2/c23-19(22-7-1-2-8-22)9-16-13-24-14-17-11-21(12-18(16)17)10-15-3-5-20-6-4-15/h3-6,16-18H,1-2,7-14H2/t16-,17-,18+/m1/s1. The predicted molar refractivity (Wildman–Crippen MR) is 91.2 cm³/mol. The molecule has 4 heterocycles. The van der Waals surface area contributed by atoms with Crippen LogP contribution < -0.4 is 0 Å². The van der Waals surface area contributed by atoms with E-state index in [9.17, 15) is 4.79 Å². The van der Waals surface area contributed by atoms with Gasteiger partial charge in [-0.15, -0.1) is 0 Å². The summed E-state index contributed by atoms with van der Waals surface area (Å²) >= 11 is 0. The van der Waals surface area contributed by atoms with E-state index >= 15 is 0 Å². The van der Waals surface area contributed by atoms with Gasteiger partial charge in [0.15, 0.2) is 0 Å². The lowest BCUT2D eigenvalue weighted by molar-refractivity contribution is -0.133. The number of hydrogen-bond donors (Lipinski definition) is 0. The topological polar surface area (TPSA) is 45.7 Å². The molecule has 0 bridgehead atoms. The molecule has 24 heavy (non-hydrogen) atoms. The smallest absolute Gasteiger partial charge is 0.222 e. The second-order valence-corrected chi connectivity index (χ2v) is 7.56. The maximum Gasteiger partial charge on any atom is 0.222 e. The largest absolute Gasteiger partial charge is 0.381 e. The van der Waals surface area contributed by atoms with Crippen molar-refractivity contribution in [2.75, 3.05) is 39.4 Å². The fourth-order valence-corrected chi connectivity index (χ4v) is 4.60. The van der Waals surface area contributed by atoms with Gasteiger partial charge in [-0.3, -0.25) is 14.7 Å². The molecular weight excluding hydrogens is 302 g/mol. The molecule has 3 aliphatic heterocycles. The molecule has 5 nitrogen and oxygen atoms in total. The molecule has 0 saturated carbocycles. The van der Waals surface area contributed by atoms with Gasteiger partial charge in [-0.2, -0.15) is 0 Å². The Bertz CT molecular complexity index is 559. The van der Waals surface area contributed by atoms with Crippen molar-refractivity contribution in [1.29, 1.82) is 0 Å². The van der Waals surface area contributed by atoms with E-state index < -0.39 is 0 Å². The molecule has 0 radical (unpaired) electrons. The molecule has 4 rings (SSSR count). The van der Waals surface area contributed by atoms with Crippen LogP contribution in [-0.2, 0) is 16.1 Å². The number of carbonyl (C=O) groups excluding carboxylic acids is 1. The van der Waals surface area contributed by atoms with Gasteiger partial charge >= 0.3 is 0 Å². The molecule has 5 heteroatoms. The van der Waals surface area contributed by atoms with Crippen molar-refractivity contribution in [2.45, 2.75) is 25.8 Å². The maximum atomic E-state index is 12.5. The Hall–Kier alpha value is -1.46. The Morgan fingerprint density at radius 1 is 1.17 bits per heavy atom. The van der Waals surface area contributed by atoms with Crippen LogP contribution in [0.5, 0.6) is 0 Å². The van der Waals surface area contributed by atoms with Gasteiger partial charge in [0.2, 0.25) is 5.91 Å². The molecule has 3 aliphatic rings. The van der Waals surface area contributed by atoms with Crippen molar-refractivity contribution in [1.82, 2.24) is 14.8 Å². The molecule has 3 fully saturated rings. The highest BCUT2D eigenvalue weighted by Crippen LogP contribution is 2.36. The summed E-state index contributed by atoms with van der Waals surface area (Å²) < 4.78 is 5.85. The van der Waals surface area contributed by atoms with Crippen LogP contribution in [0.1, 0.15) is 24.8 Å². The third-order valence-electron chi connectivity index (χ3n) is 5.89. The second-order valence-electron chi connectivity index (χ2n) is 7.56. The van der Waals surface area contributed by atoms with E-state index in [1.807, 2.05) is 17.3 Å². The fourth-order valence-electron chi connectivity index (χ4n) is 4.60. The van der Waals surface area contributed by atoms with Crippen LogP contribution in [0.3, 0.4) is 0 Å². The second kappa shape index (κ2) is 7.19. The molecule has 1 aromatic rings. The summed E-state index contributed by atoms with van der Waals surface area (Å²) in [6.07, 6.45) is 6.72. The lowest BCUT2D eigenvalue weighted by Crippen LogP contribution is -2.39. The highest BCUT2D eigenvalue weighted by molar-refractivity contribution is 5.76. The summed E-state index contributed by atoms with van der Waals surface area (Å²) in [5.41, 5.74) is 1.31. The van der Waals surface area contributed by atoms with Gasteiger partial charge in [0.1, 0.15) is 0 Å². The molecule has 130 valence electrons. The summed E-state index contributed by atoms with van der Waals surface area (Å²) in [5.74, 6) is 1.91. The Morgan fingerprint density at radius 3 is 2.75 bits per heavy atom. The van der Waals surface area contributed by atoms with Crippen LogP contribution in [0.15, 0.2) is 24.5 Å². The fraction of sp³-hybridized carbons (Fsp3) is 0.684. The van der Waals surface area contributed by atoms with Crippen molar-refractivity contribution in [3.63, 3.8) is 0 Å². The number of amides is 1. The van der Waals surface area contributed by atoms with E-state index in [0.29, 0.717) is 30.1 Å². The van der Waals surface area contributed by atoms with E-state index in [0.717, 1.165) is 45.9 Å². The zero-order chi connectivity index (χ0) is 16.4. The first-order valence-electron chi connectivity index (χ1n) is 9.26. The summed E-state index contributed by atoms with van der Waals surface area (Å²) in [5, 5.41) is 0. The number of aromatic nitrogens is 1. The molecule has 0 unspecified atom stereocenters. The van der Waals surface area contributed by atoms with Gasteiger partial charge in [0.25, 0.3) is 0 Å². The molecule has 0 spiro atoms. The van der Waals surface area contributed by atoms with Crippen LogP contribution in [0, 0.1) is 17.8 Å². The van der Waals surface area contributed by atoms with Gasteiger partial charge in [0, 0.05) is 51.5 Å². The minimum Gasteiger partial charge on any atom is -0.381 e. The highest BCUT2D eigenvalue weighted by Gasteiger charge is 2.41.